The second kappa shape index (κ2) is 5.84. The molecule has 0 unspecified atom stereocenters. The molecule has 140 valence electrons. The highest BCUT2D eigenvalue weighted by Crippen LogP contribution is 2.40. The second-order valence-corrected chi connectivity index (χ2v) is 8.47. The Bertz CT molecular complexity index is 1750. The van der Waals surface area contributed by atoms with Crippen molar-refractivity contribution in [1.29, 1.82) is 0 Å². The normalized spacial score (nSPS) is 12.0. The first-order valence-corrected chi connectivity index (χ1v) is 10.6. The van der Waals surface area contributed by atoms with E-state index >= 15 is 0 Å². The first-order valence-electron chi connectivity index (χ1n) is 9.79. The summed E-state index contributed by atoms with van der Waals surface area (Å²) in [5.41, 5.74) is 4.10. The Labute approximate surface area is 175 Å². The molecule has 0 N–H and O–H groups in total. The SMILES string of the molecule is c1ccc2c(-n3c4cc5sc6ccccc6c5cc4c4ncccc43)ncnc2c1. The van der Waals surface area contributed by atoms with Crippen molar-refractivity contribution in [1.82, 2.24) is 19.5 Å². The van der Waals surface area contributed by atoms with Gasteiger partial charge in [0, 0.05) is 37.1 Å². The molecule has 0 saturated carbocycles. The zero-order valence-corrected chi connectivity index (χ0v) is 16.6. The lowest BCUT2D eigenvalue weighted by Gasteiger charge is -2.09. The highest BCUT2D eigenvalue weighted by Gasteiger charge is 2.18. The molecular formula is C25H14N4S. The Kier molecular flexibility index (Phi) is 3.12. The van der Waals surface area contributed by atoms with Gasteiger partial charge < -0.3 is 0 Å². The van der Waals surface area contributed by atoms with Crippen LogP contribution < -0.4 is 0 Å². The quantitative estimate of drug-likeness (QED) is 0.315. The molecule has 7 rings (SSSR count). The average molecular weight is 402 g/mol. The number of aromatic nitrogens is 4. The van der Waals surface area contributed by atoms with Crippen LogP contribution in [0.1, 0.15) is 0 Å². The molecule has 4 nitrogen and oxygen atoms in total. The maximum atomic E-state index is 4.75. The number of hydrogen-bond acceptors (Lipinski definition) is 4. The van der Waals surface area contributed by atoms with Crippen molar-refractivity contribution in [3.8, 4) is 5.82 Å². The lowest BCUT2D eigenvalue weighted by atomic mass is 10.1. The van der Waals surface area contributed by atoms with E-state index in [1.165, 1.54) is 20.2 Å². The number of pyridine rings is 1. The van der Waals surface area contributed by atoms with Crippen LogP contribution in [0.2, 0.25) is 0 Å². The van der Waals surface area contributed by atoms with Crippen LogP contribution in [-0.4, -0.2) is 19.5 Å². The van der Waals surface area contributed by atoms with Crippen molar-refractivity contribution in [2.24, 2.45) is 0 Å². The fourth-order valence-corrected chi connectivity index (χ4v) is 5.57. The molecule has 4 heterocycles. The maximum Gasteiger partial charge on any atom is 0.148 e. The van der Waals surface area contributed by atoms with E-state index in [4.69, 9.17) is 9.97 Å². The number of nitrogens with zero attached hydrogens (tertiary/aromatic N) is 4. The minimum absolute atomic E-state index is 0.883. The van der Waals surface area contributed by atoms with E-state index in [9.17, 15) is 0 Å². The van der Waals surface area contributed by atoms with Gasteiger partial charge in [-0.25, -0.2) is 9.97 Å². The van der Waals surface area contributed by atoms with Gasteiger partial charge in [0.05, 0.1) is 22.1 Å². The summed E-state index contributed by atoms with van der Waals surface area (Å²) < 4.78 is 4.80. The van der Waals surface area contributed by atoms with Gasteiger partial charge >= 0.3 is 0 Å². The Balaban J connectivity index is 1.71. The third-order valence-electron chi connectivity index (χ3n) is 5.75. The molecule has 0 aliphatic carbocycles. The number of fused-ring (bicyclic) bond motifs is 7. The molecule has 0 aliphatic rings. The molecule has 0 fully saturated rings. The minimum atomic E-state index is 0.883. The van der Waals surface area contributed by atoms with Gasteiger partial charge in [-0.3, -0.25) is 9.55 Å². The summed E-state index contributed by atoms with van der Waals surface area (Å²) in [4.78, 5) is 13.9. The van der Waals surface area contributed by atoms with E-state index in [-0.39, 0.29) is 0 Å². The molecule has 30 heavy (non-hydrogen) atoms. The summed E-state index contributed by atoms with van der Waals surface area (Å²) in [5.74, 6) is 0.883. The van der Waals surface area contributed by atoms with E-state index in [2.05, 4.69) is 58.1 Å². The summed E-state index contributed by atoms with van der Waals surface area (Å²) in [6.07, 6.45) is 3.50. The van der Waals surface area contributed by atoms with Crippen LogP contribution >= 0.6 is 11.3 Å². The van der Waals surface area contributed by atoms with E-state index in [0.717, 1.165) is 38.7 Å². The van der Waals surface area contributed by atoms with Gasteiger partial charge in [-0.05, 0) is 42.5 Å². The second-order valence-electron chi connectivity index (χ2n) is 7.38. The molecule has 0 amide bonds. The summed E-state index contributed by atoms with van der Waals surface area (Å²) in [7, 11) is 0. The molecule has 7 aromatic rings. The Morgan fingerprint density at radius 1 is 0.633 bits per heavy atom. The van der Waals surface area contributed by atoms with E-state index in [1.54, 1.807) is 6.33 Å². The van der Waals surface area contributed by atoms with Crippen molar-refractivity contribution in [3.63, 3.8) is 0 Å². The predicted molar refractivity (Wildman–Crippen MR) is 125 cm³/mol. The highest BCUT2D eigenvalue weighted by atomic mass is 32.1. The smallest absolute Gasteiger partial charge is 0.148 e. The first-order chi connectivity index (χ1) is 14.9. The molecule has 0 saturated heterocycles. The van der Waals surface area contributed by atoms with Crippen molar-refractivity contribution >= 4 is 64.3 Å². The lowest BCUT2D eigenvalue weighted by molar-refractivity contribution is 1.07. The molecule has 4 aromatic heterocycles. The van der Waals surface area contributed by atoms with Crippen LogP contribution in [0, 0.1) is 0 Å². The Morgan fingerprint density at radius 3 is 2.47 bits per heavy atom. The third-order valence-corrected chi connectivity index (χ3v) is 6.89. The van der Waals surface area contributed by atoms with E-state index in [0.29, 0.717) is 0 Å². The van der Waals surface area contributed by atoms with Gasteiger partial charge in [-0.15, -0.1) is 11.3 Å². The molecule has 0 atom stereocenters. The molecule has 0 spiro atoms. The number of rotatable bonds is 1. The minimum Gasteiger partial charge on any atom is -0.291 e. The van der Waals surface area contributed by atoms with Gasteiger partial charge in [-0.2, -0.15) is 0 Å². The molecule has 3 aromatic carbocycles. The number of hydrogen-bond donors (Lipinski definition) is 0. The van der Waals surface area contributed by atoms with Crippen LogP contribution in [0.25, 0.3) is 58.8 Å². The molecule has 0 bridgehead atoms. The average Bonchev–Trinajstić information content (AvgIpc) is 3.32. The van der Waals surface area contributed by atoms with Gasteiger partial charge in [0.15, 0.2) is 0 Å². The zero-order chi connectivity index (χ0) is 19.7. The maximum absolute atomic E-state index is 4.75. The van der Waals surface area contributed by atoms with Crippen molar-refractivity contribution < 1.29 is 0 Å². The van der Waals surface area contributed by atoms with Crippen LogP contribution in [0.15, 0.2) is 85.3 Å². The lowest BCUT2D eigenvalue weighted by Crippen LogP contribution is -1.99. The van der Waals surface area contributed by atoms with Crippen LogP contribution in [0.3, 0.4) is 0 Å². The van der Waals surface area contributed by atoms with E-state index < -0.39 is 0 Å². The topological polar surface area (TPSA) is 43.6 Å². The van der Waals surface area contributed by atoms with Gasteiger partial charge in [0.2, 0.25) is 0 Å². The summed E-state index contributed by atoms with van der Waals surface area (Å²) in [6, 6.07) is 25.4. The van der Waals surface area contributed by atoms with Crippen molar-refractivity contribution in [3.05, 3.63) is 85.3 Å². The largest absolute Gasteiger partial charge is 0.291 e. The summed E-state index contributed by atoms with van der Waals surface area (Å²) >= 11 is 1.83. The highest BCUT2D eigenvalue weighted by molar-refractivity contribution is 7.25. The summed E-state index contributed by atoms with van der Waals surface area (Å²) in [6.45, 7) is 0. The zero-order valence-electron chi connectivity index (χ0n) is 15.8. The van der Waals surface area contributed by atoms with Gasteiger partial charge in [0.25, 0.3) is 0 Å². The number of para-hydroxylation sites is 1. The van der Waals surface area contributed by atoms with Crippen molar-refractivity contribution in [2.75, 3.05) is 0 Å². The van der Waals surface area contributed by atoms with Crippen LogP contribution in [0.5, 0.6) is 0 Å². The molecule has 0 radical (unpaired) electrons. The Morgan fingerprint density at radius 2 is 1.50 bits per heavy atom. The standard InChI is InChI=1S/C25H14N4S/c1-3-8-19-16(7-1)25(28-14-27-19)29-20-9-5-11-26-24(20)18-12-17-15-6-2-4-10-22(15)30-23(17)13-21(18)29/h1-14H. The van der Waals surface area contributed by atoms with Crippen LogP contribution in [-0.2, 0) is 0 Å². The fourth-order valence-electron chi connectivity index (χ4n) is 4.45. The molecular weight excluding hydrogens is 388 g/mol. The van der Waals surface area contributed by atoms with E-state index in [1.807, 2.05) is 41.8 Å². The van der Waals surface area contributed by atoms with Crippen molar-refractivity contribution in [2.45, 2.75) is 0 Å². The predicted octanol–water partition coefficient (Wildman–Crippen LogP) is 6.49. The van der Waals surface area contributed by atoms with Gasteiger partial charge in [0.1, 0.15) is 12.1 Å². The van der Waals surface area contributed by atoms with Gasteiger partial charge in [-0.1, -0.05) is 30.3 Å². The van der Waals surface area contributed by atoms with Crippen LogP contribution in [0.4, 0.5) is 0 Å². The fraction of sp³-hybridized carbons (Fsp3) is 0. The molecule has 0 aliphatic heterocycles. The number of thiophene rings is 1. The molecule has 5 heteroatoms. The first kappa shape index (κ1) is 16.0. The Hall–Kier alpha value is -3.83. The summed E-state index contributed by atoms with van der Waals surface area (Å²) in [5, 5.41) is 4.74. The monoisotopic (exact) mass is 402 g/mol. The number of benzene rings is 3. The third kappa shape index (κ3) is 2.07.